The van der Waals surface area contributed by atoms with Gasteiger partial charge in [0.05, 0.1) is 6.61 Å². The molecule has 0 atom stereocenters. The van der Waals surface area contributed by atoms with Crippen molar-refractivity contribution in [2.24, 2.45) is 7.05 Å². The third kappa shape index (κ3) is 1.76. The Kier molecular flexibility index (Phi) is 2.70. The lowest BCUT2D eigenvalue weighted by Gasteiger charge is -2.03. The molecule has 0 fully saturated rings. The molecule has 0 aliphatic heterocycles. The van der Waals surface area contributed by atoms with E-state index in [0.717, 1.165) is 0 Å². The highest BCUT2D eigenvalue weighted by molar-refractivity contribution is 6.29. The van der Waals surface area contributed by atoms with Gasteiger partial charge in [-0.25, -0.2) is 0 Å². The highest BCUT2D eigenvalue weighted by Crippen LogP contribution is 2.05. The van der Waals surface area contributed by atoms with Crippen molar-refractivity contribution in [1.29, 1.82) is 0 Å². The van der Waals surface area contributed by atoms with Gasteiger partial charge >= 0.3 is 5.56 Å². The molecule has 1 heterocycles. The predicted molar refractivity (Wildman–Crippen MR) is 45.7 cm³/mol. The Morgan fingerprint density at radius 3 is 3.00 bits per heavy atom. The van der Waals surface area contributed by atoms with E-state index in [0.29, 0.717) is 6.61 Å². The highest BCUT2D eigenvalue weighted by atomic mass is 35.5. The van der Waals surface area contributed by atoms with Crippen LogP contribution in [0.25, 0.3) is 0 Å². The quantitative estimate of drug-likeness (QED) is 0.691. The summed E-state index contributed by atoms with van der Waals surface area (Å²) in [5.74, 6) is 0.0486. The average Bonchev–Trinajstić information content (AvgIpc) is 2.00. The largest absolute Gasteiger partial charge is 0.474 e. The molecule has 66 valence electrons. The number of rotatable bonds is 2. The molecule has 0 amide bonds. The number of nitrogens with zero attached hydrogens (tertiary/aromatic N) is 2. The Labute approximate surface area is 74.8 Å². The van der Waals surface area contributed by atoms with E-state index in [2.05, 4.69) is 4.98 Å². The van der Waals surface area contributed by atoms with Crippen LogP contribution in [-0.2, 0) is 7.05 Å². The second kappa shape index (κ2) is 3.58. The van der Waals surface area contributed by atoms with Crippen LogP contribution in [0, 0.1) is 0 Å². The van der Waals surface area contributed by atoms with Crippen molar-refractivity contribution in [2.75, 3.05) is 6.61 Å². The van der Waals surface area contributed by atoms with Crippen LogP contribution < -0.4 is 10.3 Å². The van der Waals surface area contributed by atoms with Crippen LogP contribution in [-0.4, -0.2) is 16.2 Å². The Balaban J connectivity index is 3.19. The van der Waals surface area contributed by atoms with Gasteiger partial charge in [-0.2, -0.15) is 4.98 Å². The number of aromatic nitrogens is 2. The first-order chi connectivity index (χ1) is 5.65. The molecular weight excluding hydrogens is 180 g/mol. The molecular formula is C7H9ClN2O2. The van der Waals surface area contributed by atoms with Crippen molar-refractivity contribution >= 4 is 11.6 Å². The normalized spacial score (nSPS) is 9.92. The van der Waals surface area contributed by atoms with Gasteiger partial charge in [-0.1, -0.05) is 11.6 Å². The van der Waals surface area contributed by atoms with E-state index in [1.165, 1.54) is 10.8 Å². The van der Waals surface area contributed by atoms with Crippen molar-refractivity contribution in [1.82, 2.24) is 9.55 Å². The zero-order chi connectivity index (χ0) is 9.14. The van der Waals surface area contributed by atoms with Crippen LogP contribution in [0.4, 0.5) is 0 Å². The second-order valence-electron chi connectivity index (χ2n) is 2.22. The maximum atomic E-state index is 11.2. The molecule has 12 heavy (non-hydrogen) atoms. The van der Waals surface area contributed by atoms with E-state index >= 15 is 0 Å². The van der Waals surface area contributed by atoms with Crippen LogP contribution in [0.3, 0.4) is 0 Å². The van der Waals surface area contributed by atoms with Crippen molar-refractivity contribution in [3.63, 3.8) is 0 Å². The van der Waals surface area contributed by atoms with Gasteiger partial charge in [0, 0.05) is 13.2 Å². The first-order valence-corrected chi connectivity index (χ1v) is 3.89. The molecule has 0 bridgehead atoms. The summed E-state index contributed by atoms with van der Waals surface area (Å²) in [6.45, 7) is 2.19. The van der Waals surface area contributed by atoms with Crippen molar-refractivity contribution in [3.05, 3.63) is 21.7 Å². The zero-order valence-corrected chi connectivity index (χ0v) is 7.63. The monoisotopic (exact) mass is 188 g/mol. The van der Waals surface area contributed by atoms with Gasteiger partial charge in [-0.3, -0.25) is 4.79 Å². The van der Waals surface area contributed by atoms with Crippen LogP contribution in [0.2, 0.25) is 5.15 Å². The van der Waals surface area contributed by atoms with E-state index in [1.807, 2.05) is 0 Å². The lowest BCUT2D eigenvalue weighted by Crippen LogP contribution is -2.20. The zero-order valence-electron chi connectivity index (χ0n) is 6.87. The summed E-state index contributed by atoms with van der Waals surface area (Å²) >= 11 is 5.61. The first kappa shape index (κ1) is 9.06. The third-order valence-corrected chi connectivity index (χ3v) is 1.47. The van der Waals surface area contributed by atoms with E-state index in [9.17, 15) is 4.79 Å². The van der Waals surface area contributed by atoms with Gasteiger partial charge in [-0.05, 0) is 6.92 Å². The molecule has 0 aliphatic carbocycles. The van der Waals surface area contributed by atoms with Gasteiger partial charge in [0.15, 0.2) is 0 Å². The molecule has 1 rings (SSSR count). The second-order valence-corrected chi connectivity index (χ2v) is 2.61. The summed E-state index contributed by atoms with van der Waals surface area (Å²) in [4.78, 5) is 15.0. The van der Waals surface area contributed by atoms with Crippen LogP contribution in [0.1, 0.15) is 6.92 Å². The third-order valence-electron chi connectivity index (χ3n) is 1.29. The Morgan fingerprint density at radius 1 is 1.75 bits per heavy atom. The molecule has 1 aromatic heterocycles. The molecule has 0 saturated heterocycles. The van der Waals surface area contributed by atoms with Gasteiger partial charge in [0.2, 0.25) is 0 Å². The summed E-state index contributed by atoms with van der Waals surface area (Å²) in [6.07, 6.45) is 1.44. The number of halogens is 1. The summed E-state index contributed by atoms with van der Waals surface area (Å²) < 4.78 is 6.30. The van der Waals surface area contributed by atoms with Gasteiger partial charge in [0.1, 0.15) is 5.15 Å². The average molecular weight is 189 g/mol. The molecule has 4 nitrogen and oxygen atoms in total. The van der Waals surface area contributed by atoms with Crippen LogP contribution >= 0.6 is 11.6 Å². The van der Waals surface area contributed by atoms with Crippen LogP contribution in [0.15, 0.2) is 11.0 Å². The smallest absolute Gasteiger partial charge is 0.313 e. The van der Waals surface area contributed by atoms with E-state index in [1.54, 1.807) is 14.0 Å². The van der Waals surface area contributed by atoms with E-state index in [-0.39, 0.29) is 16.6 Å². The first-order valence-electron chi connectivity index (χ1n) is 3.51. The number of aryl methyl sites for hydroxylation is 1. The standard InChI is InChI=1S/C7H9ClN2O2/c1-3-12-6-7(11)10(2)4-5(8)9-6/h4H,3H2,1-2H3. The lowest BCUT2D eigenvalue weighted by molar-refractivity contribution is 0.319. The van der Waals surface area contributed by atoms with E-state index in [4.69, 9.17) is 16.3 Å². The molecule has 1 aromatic rings. The Bertz CT molecular complexity index is 335. The van der Waals surface area contributed by atoms with E-state index < -0.39 is 0 Å². The summed E-state index contributed by atoms with van der Waals surface area (Å²) in [6, 6.07) is 0. The summed E-state index contributed by atoms with van der Waals surface area (Å²) in [5, 5.41) is 0.251. The minimum atomic E-state index is -0.277. The fourth-order valence-corrected chi connectivity index (χ4v) is 0.997. The summed E-state index contributed by atoms with van der Waals surface area (Å²) in [7, 11) is 1.60. The highest BCUT2D eigenvalue weighted by Gasteiger charge is 2.04. The molecule has 0 saturated carbocycles. The van der Waals surface area contributed by atoms with Gasteiger partial charge < -0.3 is 9.30 Å². The minimum Gasteiger partial charge on any atom is -0.474 e. The summed E-state index contributed by atoms with van der Waals surface area (Å²) in [5.41, 5.74) is -0.277. The topological polar surface area (TPSA) is 44.1 Å². The minimum absolute atomic E-state index is 0.0486. The molecule has 0 unspecified atom stereocenters. The van der Waals surface area contributed by atoms with Crippen molar-refractivity contribution in [3.8, 4) is 5.88 Å². The molecule has 0 spiro atoms. The van der Waals surface area contributed by atoms with Crippen LogP contribution in [0.5, 0.6) is 5.88 Å². The maximum absolute atomic E-state index is 11.2. The molecule has 5 heteroatoms. The Morgan fingerprint density at radius 2 is 2.42 bits per heavy atom. The SMILES string of the molecule is CCOc1nc(Cl)cn(C)c1=O. The fourth-order valence-electron chi connectivity index (χ4n) is 0.774. The van der Waals surface area contributed by atoms with Gasteiger partial charge in [0.25, 0.3) is 5.88 Å². The lowest BCUT2D eigenvalue weighted by atomic mass is 10.6. The van der Waals surface area contributed by atoms with Crippen molar-refractivity contribution in [2.45, 2.75) is 6.92 Å². The maximum Gasteiger partial charge on any atom is 0.313 e. The number of hydrogen-bond donors (Lipinski definition) is 0. The molecule has 0 aliphatic rings. The molecule has 0 aromatic carbocycles. The number of hydrogen-bond acceptors (Lipinski definition) is 3. The molecule has 0 radical (unpaired) electrons. The van der Waals surface area contributed by atoms with Crippen molar-refractivity contribution < 1.29 is 4.74 Å². The molecule has 0 N–H and O–H groups in total. The Hall–Kier alpha value is -1.03. The van der Waals surface area contributed by atoms with Gasteiger partial charge in [-0.15, -0.1) is 0 Å². The number of ether oxygens (including phenoxy) is 1. The predicted octanol–water partition coefficient (Wildman–Crippen LogP) is 0.832. The fraction of sp³-hybridized carbons (Fsp3) is 0.429.